The SMILES string of the molecule is C.CCCC.CCCC.[CH2+][BH-](CC)n1cc[n+]([BH2-]CC)c1. The minimum atomic E-state index is -0.368. The number of hydrogen-bond acceptors (Lipinski definition) is 0. The number of unbranched alkanes of at least 4 members (excludes halogenated alkanes) is 2. The summed E-state index contributed by atoms with van der Waals surface area (Å²) in [5.41, 5.74) is 0. The van der Waals surface area contributed by atoms with Crippen LogP contribution in [0, 0.1) is 6.82 Å². The van der Waals surface area contributed by atoms with Crippen molar-refractivity contribution in [2.24, 2.45) is 0 Å². The third-order valence-electron chi connectivity index (χ3n) is 3.60. The van der Waals surface area contributed by atoms with E-state index in [0.717, 1.165) is 0 Å². The lowest BCUT2D eigenvalue weighted by Gasteiger charge is -2.03. The summed E-state index contributed by atoms with van der Waals surface area (Å²) < 4.78 is 4.62. The van der Waals surface area contributed by atoms with Crippen molar-refractivity contribution in [3.63, 3.8) is 0 Å². The van der Waals surface area contributed by atoms with Gasteiger partial charge in [0.25, 0.3) is 0 Å². The highest BCUT2D eigenvalue weighted by Gasteiger charge is 2.09. The number of hydrogen-bond donors (Lipinski definition) is 0. The first-order chi connectivity index (χ1) is 9.60. The monoisotopic (exact) mass is 296 g/mol. The summed E-state index contributed by atoms with van der Waals surface area (Å²) in [4.78, 5) is 0. The predicted octanol–water partition coefficient (Wildman–Crippen LogP) is 4.36. The Morgan fingerprint density at radius 1 is 1.00 bits per heavy atom. The van der Waals surface area contributed by atoms with Gasteiger partial charge in [0, 0.05) is 0 Å². The number of rotatable bonds is 6. The van der Waals surface area contributed by atoms with E-state index in [1.165, 1.54) is 38.3 Å². The molecular weight excluding hydrogens is 254 g/mol. The highest BCUT2D eigenvalue weighted by Crippen LogP contribution is 1.93. The van der Waals surface area contributed by atoms with E-state index in [0.29, 0.717) is 0 Å². The van der Waals surface area contributed by atoms with Gasteiger partial charge in [-0.05, 0) is 0 Å². The summed E-state index contributed by atoms with van der Waals surface area (Å²) in [6.07, 6.45) is 14.3. The molecular formula is C17H42B2N2. The molecule has 0 saturated heterocycles. The van der Waals surface area contributed by atoms with Crippen molar-refractivity contribution in [3.8, 4) is 0 Å². The molecule has 4 heteroatoms. The highest BCUT2D eigenvalue weighted by atomic mass is 15.0. The molecule has 0 aromatic carbocycles. The lowest BCUT2D eigenvalue weighted by molar-refractivity contribution is -0.528. The van der Waals surface area contributed by atoms with E-state index in [4.69, 9.17) is 0 Å². The van der Waals surface area contributed by atoms with E-state index >= 15 is 0 Å². The first-order valence-electron chi connectivity index (χ1n) is 9.08. The molecule has 1 unspecified atom stereocenters. The molecule has 0 amide bonds. The van der Waals surface area contributed by atoms with Gasteiger partial charge in [-0.1, -0.05) is 87.8 Å². The van der Waals surface area contributed by atoms with Gasteiger partial charge in [0.2, 0.25) is 0 Å². The summed E-state index contributed by atoms with van der Waals surface area (Å²) in [6.45, 7) is 17.0. The van der Waals surface area contributed by atoms with Crippen molar-refractivity contribution in [2.75, 3.05) is 0 Å². The van der Waals surface area contributed by atoms with Crippen LogP contribution in [0.2, 0.25) is 12.6 Å². The van der Waals surface area contributed by atoms with Crippen LogP contribution in [0.5, 0.6) is 0 Å². The average molecular weight is 296 g/mol. The smallest absolute Gasteiger partial charge is 0.364 e. The third-order valence-corrected chi connectivity index (χ3v) is 3.60. The molecule has 0 bridgehead atoms. The molecule has 0 aliphatic carbocycles. The molecule has 0 fully saturated rings. The van der Waals surface area contributed by atoms with Crippen molar-refractivity contribution < 1.29 is 4.48 Å². The van der Waals surface area contributed by atoms with E-state index in [2.05, 4.69) is 76.0 Å². The zero-order valence-corrected chi connectivity index (χ0v) is 15.3. The number of imidazole rings is 1. The van der Waals surface area contributed by atoms with Crippen LogP contribution in [0.15, 0.2) is 18.7 Å². The van der Waals surface area contributed by atoms with Crippen molar-refractivity contribution >= 4 is 14.3 Å². The quantitative estimate of drug-likeness (QED) is 0.545. The second-order valence-electron chi connectivity index (χ2n) is 5.92. The molecule has 1 atom stereocenters. The molecule has 0 aliphatic heterocycles. The van der Waals surface area contributed by atoms with E-state index in [-0.39, 0.29) is 21.7 Å². The average Bonchev–Trinajstić information content (AvgIpc) is 2.96. The molecule has 0 saturated carbocycles. The summed E-state index contributed by atoms with van der Waals surface area (Å²) in [5, 5.41) is 0. The maximum atomic E-state index is 4.15. The zero-order valence-electron chi connectivity index (χ0n) is 15.3. The highest BCUT2D eigenvalue weighted by molar-refractivity contribution is 6.58. The summed E-state index contributed by atoms with van der Waals surface area (Å²) in [6, 6.07) is 0. The molecule has 1 rings (SSSR count). The summed E-state index contributed by atoms with van der Waals surface area (Å²) in [7, 11) is 0.0768. The number of aromatic nitrogens is 2. The van der Waals surface area contributed by atoms with Gasteiger partial charge in [-0.3, -0.25) is 0 Å². The third kappa shape index (κ3) is 15.4. The lowest BCUT2D eigenvalue weighted by atomic mass is 9.62. The van der Waals surface area contributed by atoms with Gasteiger partial charge in [-0.25, -0.2) is 0 Å². The Morgan fingerprint density at radius 2 is 1.48 bits per heavy atom. The van der Waals surface area contributed by atoms with Gasteiger partial charge >= 0.3 is 6.85 Å². The van der Waals surface area contributed by atoms with E-state index in [9.17, 15) is 0 Å². The second-order valence-corrected chi connectivity index (χ2v) is 5.92. The molecule has 126 valence electrons. The summed E-state index contributed by atoms with van der Waals surface area (Å²) >= 11 is 0. The Labute approximate surface area is 136 Å². The van der Waals surface area contributed by atoms with E-state index in [1.807, 2.05) is 0 Å². The minimum Gasteiger partial charge on any atom is -0.445 e. The molecule has 0 spiro atoms. The van der Waals surface area contributed by atoms with Gasteiger partial charge in [0.05, 0.1) is 12.4 Å². The van der Waals surface area contributed by atoms with Gasteiger partial charge in [-0.15, -0.1) is 6.32 Å². The Hall–Kier alpha value is -0.790. The molecule has 0 aliphatic rings. The van der Waals surface area contributed by atoms with Crippen LogP contribution in [-0.4, -0.2) is 18.7 Å². The fourth-order valence-corrected chi connectivity index (χ4v) is 1.58. The van der Waals surface area contributed by atoms with Gasteiger partial charge in [0.1, 0.15) is 0 Å². The van der Waals surface area contributed by atoms with Crippen molar-refractivity contribution in [3.05, 3.63) is 25.5 Å². The van der Waals surface area contributed by atoms with Crippen LogP contribution in [0.3, 0.4) is 0 Å². The largest absolute Gasteiger partial charge is 0.445 e. The first-order valence-corrected chi connectivity index (χ1v) is 9.08. The van der Waals surface area contributed by atoms with Crippen LogP contribution in [0.1, 0.15) is 74.7 Å². The molecule has 2 nitrogen and oxygen atoms in total. The van der Waals surface area contributed by atoms with Crippen LogP contribution in [-0.2, 0) is 0 Å². The van der Waals surface area contributed by atoms with Crippen LogP contribution in [0.4, 0.5) is 0 Å². The Balaban J connectivity index is -0.000000304. The normalized spacial score (nSPS) is 10.4. The standard InChI is InChI=1S/C8H18B2N2.2C4H10.CH4/c1-4-9-11-6-7-12(8-11)10(3)5-2;2*1-3-4-2;/h6-8,10H,3-5,9H2,1-2H3;2*3-4H2,1-2H3;1H4. The van der Waals surface area contributed by atoms with Gasteiger partial charge < -0.3 is 8.96 Å². The van der Waals surface area contributed by atoms with Gasteiger partial charge in [0.15, 0.2) is 13.7 Å². The van der Waals surface area contributed by atoms with Gasteiger partial charge in [-0.2, -0.15) is 0 Å². The van der Waals surface area contributed by atoms with E-state index in [1.54, 1.807) is 0 Å². The van der Waals surface area contributed by atoms with Crippen LogP contribution < -0.4 is 4.48 Å². The van der Waals surface area contributed by atoms with Crippen LogP contribution in [0.25, 0.3) is 0 Å². The fraction of sp³-hybridized carbons (Fsp3) is 0.765. The Bertz CT molecular complexity index is 280. The maximum absolute atomic E-state index is 4.15. The van der Waals surface area contributed by atoms with Crippen molar-refractivity contribution in [1.82, 2.24) is 4.48 Å². The van der Waals surface area contributed by atoms with Crippen molar-refractivity contribution in [2.45, 2.75) is 87.3 Å². The molecule has 1 aromatic rings. The van der Waals surface area contributed by atoms with Crippen LogP contribution >= 0.6 is 0 Å². The Kier molecular flexibility index (Phi) is 23.0. The Morgan fingerprint density at radius 3 is 1.81 bits per heavy atom. The van der Waals surface area contributed by atoms with Crippen molar-refractivity contribution in [1.29, 1.82) is 0 Å². The number of nitrogens with zero attached hydrogens (tertiary/aromatic N) is 2. The maximum Gasteiger partial charge on any atom is 0.364 e. The fourth-order valence-electron chi connectivity index (χ4n) is 1.58. The molecule has 0 N–H and O–H groups in total. The van der Waals surface area contributed by atoms with E-state index < -0.39 is 0 Å². The topological polar surface area (TPSA) is 8.81 Å². The lowest BCUT2D eigenvalue weighted by Crippen LogP contribution is -2.37. The summed E-state index contributed by atoms with van der Waals surface area (Å²) in [5.74, 6) is 0. The predicted molar refractivity (Wildman–Crippen MR) is 105 cm³/mol. The molecule has 0 radical (unpaired) electrons. The second kappa shape index (κ2) is 19.2. The molecule has 21 heavy (non-hydrogen) atoms. The molecule has 1 aromatic heterocycles. The zero-order chi connectivity index (χ0) is 15.8. The molecule has 1 heterocycles. The first kappa shape index (κ1) is 25.2. The minimum absolute atomic E-state index is 0.